The van der Waals surface area contributed by atoms with Gasteiger partial charge in [-0.05, 0) is 62.0 Å². The number of para-hydroxylation sites is 2. The van der Waals surface area contributed by atoms with Gasteiger partial charge in [-0.3, -0.25) is 29.4 Å². The van der Waals surface area contributed by atoms with E-state index in [-0.39, 0.29) is 35.3 Å². The summed E-state index contributed by atoms with van der Waals surface area (Å²) >= 11 is 0. The van der Waals surface area contributed by atoms with Crippen LogP contribution in [0.15, 0.2) is 180 Å². The second kappa shape index (κ2) is 22.1. The van der Waals surface area contributed by atoms with E-state index in [4.69, 9.17) is 9.98 Å². The largest absolute Gasteiger partial charge is 0.480 e. The van der Waals surface area contributed by atoms with Crippen LogP contribution >= 0.6 is 0 Å². The number of anilines is 2. The summed E-state index contributed by atoms with van der Waals surface area (Å²) in [5, 5.41) is 27.9. The maximum Gasteiger partial charge on any atom is 0.328 e. The van der Waals surface area contributed by atoms with Crippen LogP contribution < -0.4 is 10.6 Å². The summed E-state index contributed by atoms with van der Waals surface area (Å²) in [7, 11) is 0. The van der Waals surface area contributed by atoms with Crippen molar-refractivity contribution in [2.75, 3.05) is 23.7 Å². The van der Waals surface area contributed by atoms with Crippen molar-refractivity contribution >= 4 is 46.6 Å². The summed E-state index contributed by atoms with van der Waals surface area (Å²) in [4.78, 5) is 68.6. The highest BCUT2D eigenvalue weighted by atomic mass is 16.4. The fourth-order valence-electron chi connectivity index (χ4n) is 9.02. The molecule has 6 aromatic rings. The van der Waals surface area contributed by atoms with Crippen LogP contribution in [-0.2, 0) is 32.3 Å². The molecule has 0 saturated carbocycles. The molecule has 0 aliphatic carbocycles. The van der Waals surface area contributed by atoms with E-state index in [0.29, 0.717) is 59.6 Å². The predicted octanol–water partition coefficient (Wildman–Crippen LogP) is 8.56. The number of aliphatic imine (C=N–C) groups is 2. The molecule has 0 radical (unpaired) electrons. The zero-order valence-corrected chi connectivity index (χ0v) is 37.2. The van der Waals surface area contributed by atoms with Crippen LogP contribution in [0.3, 0.4) is 0 Å². The Morgan fingerprint density at radius 1 is 0.493 bits per heavy atom. The van der Waals surface area contributed by atoms with Crippen LogP contribution in [0.5, 0.6) is 0 Å². The van der Waals surface area contributed by atoms with Gasteiger partial charge >= 0.3 is 11.9 Å². The number of likely N-dealkylation sites (tertiary alicyclic amines) is 2. The van der Waals surface area contributed by atoms with Crippen molar-refractivity contribution in [2.45, 2.75) is 69.4 Å². The second-order valence-electron chi connectivity index (χ2n) is 16.9. The van der Waals surface area contributed by atoms with Gasteiger partial charge in [0, 0.05) is 41.8 Å². The summed E-state index contributed by atoms with van der Waals surface area (Å²) in [6.45, 7) is 2.82. The molecule has 4 N–H and O–H groups in total. The molecule has 0 aromatic heterocycles. The first-order valence-electron chi connectivity index (χ1n) is 22.8. The van der Waals surface area contributed by atoms with Gasteiger partial charge in [-0.15, -0.1) is 0 Å². The predicted molar refractivity (Wildman–Crippen MR) is 262 cm³/mol. The molecule has 0 spiro atoms. The first-order chi connectivity index (χ1) is 32.7. The summed E-state index contributed by atoms with van der Waals surface area (Å²) in [6.07, 6.45) is 2.62. The monoisotopic (exact) mass is 894 g/mol. The molecule has 2 saturated heterocycles. The van der Waals surface area contributed by atoms with Gasteiger partial charge in [0.05, 0.1) is 34.9 Å². The molecule has 2 fully saturated rings. The van der Waals surface area contributed by atoms with Gasteiger partial charge in [0.1, 0.15) is 0 Å². The Hall–Kier alpha value is -7.54. The fourth-order valence-corrected chi connectivity index (χ4v) is 9.02. The molecule has 4 atom stereocenters. The Morgan fingerprint density at radius 3 is 1.21 bits per heavy atom. The van der Waals surface area contributed by atoms with E-state index in [1.807, 2.05) is 97.1 Å². The molecule has 0 bridgehead atoms. The fraction of sp³-hybridized carbons (Fsp3) is 0.236. The minimum atomic E-state index is -1.58. The van der Waals surface area contributed by atoms with E-state index < -0.39 is 30.4 Å². The van der Waals surface area contributed by atoms with Crippen LogP contribution in [0.25, 0.3) is 0 Å². The minimum absolute atomic E-state index is 0.180. The van der Waals surface area contributed by atoms with Crippen molar-refractivity contribution in [1.82, 2.24) is 9.80 Å². The highest BCUT2D eigenvalue weighted by molar-refractivity contribution is 6.19. The third-order valence-electron chi connectivity index (χ3n) is 12.4. The maximum absolute atomic E-state index is 14.1. The van der Waals surface area contributed by atoms with Gasteiger partial charge in [0.2, 0.25) is 11.8 Å². The van der Waals surface area contributed by atoms with Crippen molar-refractivity contribution in [3.05, 3.63) is 203 Å². The molecule has 2 amide bonds. The number of nitrogens with one attached hydrogen (secondary N) is 2. The van der Waals surface area contributed by atoms with E-state index in [2.05, 4.69) is 20.4 Å². The lowest BCUT2D eigenvalue weighted by atomic mass is 9.98. The lowest BCUT2D eigenvalue weighted by Gasteiger charge is -2.25. The molecule has 0 unspecified atom stereocenters. The van der Waals surface area contributed by atoms with Crippen molar-refractivity contribution < 1.29 is 29.4 Å². The van der Waals surface area contributed by atoms with Crippen molar-refractivity contribution in [3.8, 4) is 0 Å². The topological polar surface area (TPSA) is 164 Å². The molecule has 2 aliphatic rings. The lowest BCUT2D eigenvalue weighted by molar-refractivity contribution is -0.140. The van der Waals surface area contributed by atoms with Crippen molar-refractivity contribution in [1.29, 1.82) is 0 Å². The van der Waals surface area contributed by atoms with E-state index in [1.165, 1.54) is 0 Å². The number of amides is 2. The minimum Gasteiger partial charge on any atom is -0.480 e. The SMILES string of the molecule is O=C(Nc1ccccc1C(=N[C@H](C[C@@H](N=C(c1ccccc1)c1ccccc1NC(=O)[C@H]1CCCN1Cc1ccccc1)C(=O)O)C(=O)O)c1ccccc1)[C@H]1CCCN1Cc1ccccc1. The number of carboxylic acids is 2. The molecular formula is C55H54N6O6. The number of nitrogens with zero attached hydrogens (tertiary/aromatic N) is 4. The van der Waals surface area contributed by atoms with Gasteiger partial charge in [-0.1, -0.05) is 158 Å². The highest BCUT2D eigenvalue weighted by Gasteiger charge is 2.34. The van der Waals surface area contributed by atoms with Gasteiger partial charge in [0.15, 0.2) is 12.1 Å². The van der Waals surface area contributed by atoms with Crippen molar-refractivity contribution in [3.63, 3.8) is 0 Å². The Bertz CT molecular complexity index is 2530. The average molecular weight is 895 g/mol. The number of hydrogen-bond donors (Lipinski definition) is 4. The van der Waals surface area contributed by atoms with Gasteiger partial charge < -0.3 is 20.8 Å². The van der Waals surface area contributed by atoms with Crippen LogP contribution in [0, 0.1) is 0 Å². The molecule has 340 valence electrons. The Morgan fingerprint density at radius 2 is 0.836 bits per heavy atom. The first-order valence-corrected chi connectivity index (χ1v) is 22.8. The molecule has 2 heterocycles. The van der Waals surface area contributed by atoms with Crippen LogP contribution in [-0.4, -0.2) is 92.4 Å². The maximum atomic E-state index is 14.1. The van der Waals surface area contributed by atoms with E-state index in [1.54, 1.807) is 72.8 Å². The molecule has 2 aliphatic heterocycles. The summed E-state index contributed by atoms with van der Waals surface area (Å²) in [5.74, 6) is -3.05. The number of carboxylic acid groups (broad SMARTS) is 2. The number of carbonyl (C=O) groups excluding carboxylic acids is 2. The standard InChI is InChI=1S/C55H54N6O6/c62-52(48-31-17-33-60(48)36-38-19-5-1-6-20-38)58-44-29-15-13-27-42(44)50(40-23-9-3-10-24-40)56-46(54(64)65)35-47(55(66)67)57-51(41-25-11-4-12-26-41)43-28-14-16-30-45(43)59-53(63)49-32-18-34-61(49)37-39-21-7-2-8-22-39/h1-16,19-30,46-49H,17-18,31-37H2,(H,58,62)(H,59,63)(H,64,65)(H,66,67)/t46-,47-,48-,49-/m1/s1. The summed E-state index contributed by atoms with van der Waals surface area (Å²) in [5.41, 5.74) is 5.79. The molecule has 12 nitrogen and oxygen atoms in total. The third kappa shape index (κ3) is 11.7. The quantitative estimate of drug-likeness (QED) is 0.0624. The van der Waals surface area contributed by atoms with Gasteiger partial charge in [-0.25, -0.2) is 9.59 Å². The smallest absolute Gasteiger partial charge is 0.328 e. The molecule has 12 heteroatoms. The van der Waals surface area contributed by atoms with Gasteiger partial charge in [0.25, 0.3) is 0 Å². The molecule has 6 aromatic carbocycles. The number of aliphatic carboxylic acids is 2. The van der Waals surface area contributed by atoms with E-state index >= 15 is 0 Å². The highest BCUT2D eigenvalue weighted by Crippen LogP contribution is 2.28. The molecular weight excluding hydrogens is 841 g/mol. The normalized spacial score (nSPS) is 17.7. The molecule has 8 rings (SSSR count). The zero-order valence-electron chi connectivity index (χ0n) is 37.2. The van der Waals surface area contributed by atoms with E-state index in [9.17, 15) is 29.4 Å². The summed E-state index contributed by atoms with van der Waals surface area (Å²) in [6, 6.07) is 48.5. The third-order valence-corrected chi connectivity index (χ3v) is 12.4. The Kier molecular flexibility index (Phi) is 15.2. The zero-order chi connectivity index (χ0) is 46.5. The number of benzene rings is 6. The van der Waals surface area contributed by atoms with Crippen LogP contribution in [0.4, 0.5) is 11.4 Å². The van der Waals surface area contributed by atoms with Crippen molar-refractivity contribution in [2.24, 2.45) is 9.98 Å². The number of carbonyl (C=O) groups is 4. The number of rotatable bonds is 18. The van der Waals surface area contributed by atoms with Crippen LogP contribution in [0.1, 0.15) is 65.5 Å². The Balaban J connectivity index is 1.10. The lowest BCUT2D eigenvalue weighted by Crippen LogP contribution is -2.39. The van der Waals surface area contributed by atoms with Crippen LogP contribution in [0.2, 0.25) is 0 Å². The average Bonchev–Trinajstić information content (AvgIpc) is 4.03. The van der Waals surface area contributed by atoms with E-state index in [0.717, 1.165) is 37.1 Å². The number of hydrogen-bond acceptors (Lipinski definition) is 8. The van der Waals surface area contributed by atoms with Gasteiger partial charge in [-0.2, -0.15) is 0 Å². The Labute approximate surface area is 390 Å². The first kappa shape index (κ1) is 46.0. The summed E-state index contributed by atoms with van der Waals surface area (Å²) < 4.78 is 0. The second-order valence-corrected chi connectivity index (χ2v) is 16.9. The molecule has 67 heavy (non-hydrogen) atoms.